The fraction of sp³-hybridized carbons (Fsp3) is 0.412. The number of nitrogens with two attached hydrogens (primary N) is 1. The molecule has 132 valence electrons. The van der Waals surface area contributed by atoms with Crippen LogP contribution in [0, 0.1) is 0 Å². The molecule has 0 aliphatic carbocycles. The van der Waals surface area contributed by atoms with E-state index >= 15 is 0 Å². The van der Waals surface area contributed by atoms with E-state index in [0.29, 0.717) is 23.7 Å². The van der Waals surface area contributed by atoms with Crippen molar-refractivity contribution in [3.8, 4) is 5.69 Å². The molecule has 0 radical (unpaired) electrons. The van der Waals surface area contributed by atoms with E-state index in [-0.39, 0.29) is 24.2 Å². The minimum absolute atomic E-state index is 0. The SMILES string of the molecule is CC(C)c1c(C(=O)NCCCCN)cnn1-c1ccc(Cl)cc1.Cl. The van der Waals surface area contributed by atoms with Crippen molar-refractivity contribution in [2.24, 2.45) is 5.73 Å². The van der Waals surface area contributed by atoms with Gasteiger partial charge in [0.25, 0.3) is 5.91 Å². The first-order valence-corrected chi connectivity index (χ1v) is 8.24. The Kier molecular flexibility index (Phi) is 8.25. The lowest BCUT2D eigenvalue weighted by Crippen LogP contribution is -2.26. The summed E-state index contributed by atoms with van der Waals surface area (Å²) >= 11 is 5.94. The number of amides is 1. The number of carbonyl (C=O) groups is 1. The average Bonchev–Trinajstić information content (AvgIpc) is 2.97. The minimum atomic E-state index is -0.0917. The summed E-state index contributed by atoms with van der Waals surface area (Å²) in [6.45, 7) is 5.37. The van der Waals surface area contributed by atoms with Gasteiger partial charge in [-0.2, -0.15) is 5.10 Å². The molecule has 0 saturated carbocycles. The molecule has 2 rings (SSSR count). The van der Waals surface area contributed by atoms with E-state index in [1.165, 1.54) is 0 Å². The molecule has 0 saturated heterocycles. The third-order valence-corrected chi connectivity index (χ3v) is 3.84. The van der Waals surface area contributed by atoms with E-state index in [1.54, 1.807) is 10.9 Å². The Labute approximate surface area is 154 Å². The van der Waals surface area contributed by atoms with Gasteiger partial charge in [0, 0.05) is 11.6 Å². The number of rotatable bonds is 7. The summed E-state index contributed by atoms with van der Waals surface area (Å²) in [6, 6.07) is 7.42. The number of nitrogens with one attached hydrogen (secondary N) is 1. The predicted octanol–water partition coefficient (Wildman–Crippen LogP) is 3.54. The zero-order valence-corrected chi connectivity index (χ0v) is 15.5. The van der Waals surface area contributed by atoms with Gasteiger partial charge >= 0.3 is 0 Å². The highest BCUT2D eigenvalue weighted by molar-refractivity contribution is 6.30. The fourth-order valence-electron chi connectivity index (χ4n) is 2.44. The number of benzene rings is 1. The molecule has 0 spiro atoms. The highest BCUT2D eigenvalue weighted by Crippen LogP contribution is 2.23. The highest BCUT2D eigenvalue weighted by atomic mass is 35.5. The molecule has 0 unspecified atom stereocenters. The number of aromatic nitrogens is 2. The third-order valence-electron chi connectivity index (χ3n) is 3.59. The van der Waals surface area contributed by atoms with Crippen molar-refractivity contribution in [1.29, 1.82) is 0 Å². The van der Waals surface area contributed by atoms with Crippen LogP contribution < -0.4 is 11.1 Å². The van der Waals surface area contributed by atoms with Crippen molar-refractivity contribution in [1.82, 2.24) is 15.1 Å². The summed E-state index contributed by atoms with van der Waals surface area (Å²) in [5.74, 6) is 0.0731. The minimum Gasteiger partial charge on any atom is -0.352 e. The Hall–Kier alpha value is -1.56. The monoisotopic (exact) mass is 370 g/mol. The smallest absolute Gasteiger partial charge is 0.254 e. The largest absolute Gasteiger partial charge is 0.352 e. The number of hydrogen-bond acceptors (Lipinski definition) is 3. The Morgan fingerprint density at radius 2 is 1.96 bits per heavy atom. The number of unbranched alkanes of at least 4 members (excludes halogenated alkanes) is 1. The van der Waals surface area contributed by atoms with Crippen molar-refractivity contribution in [2.75, 3.05) is 13.1 Å². The molecule has 0 aliphatic rings. The van der Waals surface area contributed by atoms with Crippen LogP contribution in [0.4, 0.5) is 0 Å². The number of nitrogens with zero attached hydrogens (tertiary/aromatic N) is 2. The van der Waals surface area contributed by atoms with Gasteiger partial charge in [-0.05, 0) is 49.6 Å². The van der Waals surface area contributed by atoms with Gasteiger partial charge in [-0.15, -0.1) is 12.4 Å². The summed E-state index contributed by atoms with van der Waals surface area (Å²) in [6.07, 6.45) is 3.41. The Bertz CT molecular complexity index is 653. The highest BCUT2D eigenvalue weighted by Gasteiger charge is 2.20. The van der Waals surface area contributed by atoms with Crippen molar-refractivity contribution >= 4 is 29.9 Å². The summed E-state index contributed by atoms with van der Waals surface area (Å²) in [7, 11) is 0. The molecule has 0 fully saturated rings. The molecule has 7 heteroatoms. The molecule has 1 aromatic heterocycles. The zero-order chi connectivity index (χ0) is 16.8. The van der Waals surface area contributed by atoms with Crippen LogP contribution in [0.2, 0.25) is 5.02 Å². The Balaban J connectivity index is 0.00000288. The van der Waals surface area contributed by atoms with E-state index in [9.17, 15) is 4.79 Å². The van der Waals surface area contributed by atoms with Crippen LogP contribution in [-0.2, 0) is 0 Å². The lowest BCUT2D eigenvalue weighted by atomic mass is 10.0. The van der Waals surface area contributed by atoms with Crippen molar-refractivity contribution in [2.45, 2.75) is 32.6 Å². The zero-order valence-electron chi connectivity index (χ0n) is 14.0. The fourth-order valence-corrected chi connectivity index (χ4v) is 2.57. The molecule has 24 heavy (non-hydrogen) atoms. The normalized spacial score (nSPS) is 10.5. The van der Waals surface area contributed by atoms with E-state index in [2.05, 4.69) is 24.3 Å². The number of halogens is 2. The molecule has 2 aromatic rings. The maximum absolute atomic E-state index is 12.4. The maximum atomic E-state index is 12.4. The first-order valence-electron chi connectivity index (χ1n) is 7.86. The topological polar surface area (TPSA) is 72.9 Å². The third kappa shape index (κ3) is 4.97. The van der Waals surface area contributed by atoms with Crippen LogP contribution in [0.15, 0.2) is 30.5 Å². The van der Waals surface area contributed by atoms with Crippen LogP contribution in [-0.4, -0.2) is 28.8 Å². The van der Waals surface area contributed by atoms with E-state index in [4.69, 9.17) is 17.3 Å². The van der Waals surface area contributed by atoms with Crippen molar-refractivity contribution in [3.05, 3.63) is 46.7 Å². The average molecular weight is 371 g/mol. The molecule has 1 aromatic carbocycles. The quantitative estimate of drug-likeness (QED) is 0.732. The van der Waals surface area contributed by atoms with Gasteiger partial charge in [0.2, 0.25) is 0 Å². The van der Waals surface area contributed by atoms with Crippen LogP contribution in [0.1, 0.15) is 48.7 Å². The number of hydrogen-bond donors (Lipinski definition) is 2. The molecular formula is C17H24Cl2N4O. The molecule has 3 N–H and O–H groups in total. The summed E-state index contributed by atoms with van der Waals surface area (Å²) < 4.78 is 1.80. The van der Waals surface area contributed by atoms with Gasteiger partial charge < -0.3 is 11.1 Å². The molecule has 1 heterocycles. The molecular weight excluding hydrogens is 347 g/mol. The number of carbonyl (C=O) groups excluding carboxylic acids is 1. The van der Waals surface area contributed by atoms with Gasteiger partial charge in [-0.3, -0.25) is 4.79 Å². The Morgan fingerprint density at radius 3 is 2.54 bits per heavy atom. The van der Waals surface area contributed by atoms with Gasteiger partial charge in [0.15, 0.2) is 0 Å². The van der Waals surface area contributed by atoms with Gasteiger partial charge in [-0.25, -0.2) is 4.68 Å². The first kappa shape index (κ1) is 20.5. The molecule has 0 bridgehead atoms. The lowest BCUT2D eigenvalue weighted by molar-refractivity contribution is 0.0951. The second kappa shape index (κ2) is 9.67. The van der Waals surface area contributed by atoms with Crippen LogP contribution >= 0.6 is 24.0 Å². The molecule has 0 aliphatic heterocycles. The van der Waals surface area contributed by atoms with Crippen LogP contribution in [0.3, 0.4) is 0 Å². The van der Waals surface area contributed by atoms with Crippen LogP contribution in [0.25, 0.3) is 5.69 Å². The molecule has 0 atom stereocenters. The Morgan fingerprint density at radius 1 is 1.29 bits per heavy atom. The maximum Gasteiger partial charge on any atom is 0.254 e. The van der Waals surface area contributed by atoms with E-state index < -0.39 is 0 Å². The standard InChI is InChI=1S/C17H23ClN4O.ClH/c1-12(2)16-15(17(23)20-10-4-3-9-19)11-21-22(16)14-7-5-13(18)6-8-14;/h5-8,11-12H,3-4,9-10,19H2,1-2H3,(H,20,23);1H. The second-order valence-electron chi connectivity index (χ2n) is 5.74. The summed E-state index contributed by atoms with van der Waals surface area (Å²) in [5.41, 5.74) is 7.86. The van der Waals surface area contributed by atoms with E-state index in [0.717, 1.165) is 24.2 Å². The van der Waals surface area contributed by atoms with Gasteiger partial charge in [0.1, 0.15) is 0 Å². The van der Waals surface area contributed by atoms with Gasteiger partial charge in [0.05, 0.1) is 23.1 Å². The molecule has 1 amide bonds. The van der Waals surface area contributed by atoms with Gasteiger partial charge in [-0.1, -0.05) is 25.4 Å². The molecule has 5 nitrogen and oxygen atoms in total. The summed E-state index contributed by atoms with van der Waals surface area (Å²) in [4.78, 5) is 12.4. The van der Waals surface area contributed by atoms with Crippen LogP contribution in [0.5, 0.6) is 0 Å². The predicted molar refractivity (Wildman–Crippen MR) is 101 cm³/mol. The lowest BCUT2D eigenvalue weighted by Gasteiger charge is -2.13. The second-order valence-corrected chi connectivity index (χ2v) is 6.17. The van der Waals surface area contributed by atoms with Crippen molar-refractivity contribution < 1.29 is 4.79 Å². The van der Waals surface area contributed by atoms with Crippen molar-refractivity contribution in [3.63, 3.8) is 0 Å². The first-order chi connectivity index (χ1) is 11.0. The summed E-state index contributed by atoms with van der Waals surface area (Å²) in [5, 5.41) is 8.00. The van der Waals surface area contributed by atoms with E-state index in [1.807, 2.05) is 24.3 Å².